The Kier molecular flexibility index (Phi) is 8.81. The molecule has 0 aliphatic carbocycles. The van der Waals surface area contributed by atoms with Crippen molar-refractivity contribution >= 4 is 39.8 Å². The summed E-state index contributed by atoms with van der Waals surface area (Å²) in [6, 6.07) is 8.24. The van der Waals surface area contributed by atoms with Crippen LogP contribution in [0.1, 0.15) is 30.9 Å². The number of hydrogen-bond donors (Lipinski definition) is 2. The van der Waals surface area contributed by atoms with Gasteiger partial charge in [0.25, 0.3) is 0 Å². The van der Waals surface area contributed by atoms with Crippen molar-refractivity contribution in [2.45, 2.75) is 31.3 Å². The molecule has 0 amide bonds. The Labute approximate surface area is 185 Å². The van der Waals surface area contributed by atoms with Crippen LogP contribution >= 0.6 is 24.0 Å². The van der Waals surface area contributed by atoms with Crippen LogP contribution in [0.25, 0.3) is 0 Å². The van der Waals surface area contributed by atoms with Gasteiger partial charge in [-0.25, -0.2) is 8.42 Å². The zero-order valence-electron chi connectivity index (χ0n) is 16.6. The molecule has 0 aromatic heterocycles. The van der Waals surface area contributed by atoms with Crippen molar-refractivity contribution in [1.29, 1.82) is 0 Å². The van der Waals surface area contributed by atoms with Gasteiger partial charge in [-0.1, -0.05) is 18.2 Å². The number of nitrogens with zero attached hydrogens (tertiary/aromatic N) is 2. The van der Waals surface area contributed by atoms with Crippen LogP contribution in [-0.4, -0.2) is 70.6 Å². The van der Waals surface area contributed by atoms with Crippen molar-refractivity contribution in [3.05, 3.63) is 29.8 Å². The number of aliphatic imine (C=N–C) groups is 1. The summed E-state index contributed by atoms with van der Waals surface area (Å²) >= 11 is 0. The number of nitrogens with one attached hydrogen (secondary N) is 2. The number of para-hydroxylation sites is 1. The zero-order chi connectivity index (χ0) is 19.3. The van der Waals surface area contributed by atoms with Crippen LogP contribution < -0.4 is 15.4 Å². The van der Waals surface area contributed by atoms with Gasteiger partial charge in [0, 0.05) is 25.2 Å². The minimum Gasteiger partial charge on any atom is -0.496 e. The number of likely N-dealkylation sites (tertiary alicyclic amines) is 1. The highest BCUT2D eigenvalue weighted by atomic mass is 127. The maximum absolute atomic E-state index is 11.7. The van der Waals surface area contributed by atoms with Crippen molar-refractivity contribution in [1.82, 2.24) is 15.5 Å². The van der Waals surface area contributed by atoms with E-state index in [0.717, 1.165) is 24.4 Å². The van der Waals surface area contributed by atoms with E-state index in [1.807, 2.05) is 18.2 Å². The molecule has 3 rings (SSSR count). The summed E-state index contributed by atoms with van der Waals surface area (Å²) in [6.07, 6.45) is 3.04. The molecule has 2 aliphatic rings. The van der Waals surface area contributed by atoms with E-state index >= 15 is 0 Å². The lowest BCUT2D eigenvalue weighted by Gasteiger charge is -2.30. The highest BCUT2D eigenvalue weighted by Gasteiger charge is 2.29. The third-order valence-corrected chi connectivity index (χ3v) is 7.11. The minimum absolute atomic E-state index is 0. The first-order valence-corrected chi connectivity index (χ1v) is 11.4. The van der Waals surface area contributed by atoms with Gasteiger partial charge in [0.1, 0.15) is 5.75 Å². The summed E-state index contributed by atoms with van der Waals surface area (Å²) in [4.78, 5) is 6.75. The first-order chi connectivity index (χ1) is 13.0. The Morgan fingerprint density at radius 2 is 2.04 bits per heavy atom. The van der Waals surface area contributed by atoms with Gasteiger partial charge < -0.3 is 15.4 Å². The Bertz CT molecular complexity index is 766. The maximum Gasteiger partial charge on any atom is 0.191 e. The van der Waals surface area contributed by atoms with E-state index in [4.69, 9.17) is 4.74 Å². The molecule has 0 spiro atoms. The SMILES string of the molecule is CN=C(NCC(c1ccccc1OC)N1CCCC1)NC1CCS(=O)(=O)C1.I. The number of rotatable bonds is 6. The standard InChI is InChI=1S/C19H30N4O3S.HI/c1-20-19(22-15-9-12-27(24,25)14-15)21-13-17(23-10-5-6-11-23)16-7-3-4-8-18(16)26-2;/h3-4,7-8,15,17H,5-6,9-14H2,1-2H3,(H2,20,21,22);1H. The first-order valence-electron chi connectivity index (χ1n) is 9.57. The third-order valence-electron chi connectivity index (χ3n) is 5.34. The van der Waals surface area contributed by atoms with Crippen LogP contribution in [-0.2, 0) is 9.84 Å². The van der Waals surface area contributed by atoms with Crippen molar-refractivity contribution in [3.8, 4) is 5.75 Å². The van der Waals surface area contributed by atoms with Crippen LogP contribution in [0.2, 0.25) is 0 Å². The number of hydrogen-bond acceptors (Lipinski definition) is 5. The molecule has 28 heavy (non-hydrogen) atoms. The second-order valence-electron chi connectivity index (χ2n) is 7.20. The zero-order valence-corrected chi connectivity index (χ0v) is 19.7. The largest absolute Gasteiger partial charge is 0.496 e. The topological polar surface area (TPSA) is 83.0 Å². The lowest BCUT2D eigenvalue weighted by molar-refractivity contribution is 0.239. The molecule has 1 aromatic carbocycles. The van der Waals surface area contributed by atoms with Gasteiger partial charge in [0.05, 0.1) is 24.7 Å². The van der Waals surface area contributed by atoms with Gasteiger partial charge in [-0.05, 0) is 38.4 Å². The fourth-order valence-electron chi connectivity index (χ4n) is 3.92. The predicted molar refractivity (Wildman–Crippen MR) is 124 cm³/mol. The highest BCUT2D eigenvalue weighted by Crippen LogP contribution is 2.31. The Hall–Kier alpha value is -1.07. The summed E-state index contributed by atoms with van der Waals surface area (Å²) < 4.78 is 29.0. The molecule has 2 N–H and O–H groups in total. The second-order valence-corrected chi connectivity index (χ2v) is 9.43. The second kappa shape index (κ2) is 10.6. The molecular weight excluding hydrogens is 491 g/mol. The molecule has 2 atom stereocenters. The smallest absolute Gasteiger partial charge is 0.191 e. The normalized spacial score (nSPS) is 23.1. The first kappa shape index (κ1) is 23.2. The molecular formula is C19H31IN4O3S. The molecule has 2 unspecified atom stereocenters. The molecule has 0 saturated carbocycles. The average Bonchev–Trinajstić information content (AvgIpc) is 3.31. The molecule has 0 bridgehead atoms. The van der Waals surface area contributed by atoms with Crippen LogP contribution in [0, 0.1) is 0 Å². The number of ether oxygens (including phenoxy) is 1. The van der Waals surface area contributed by atoms with Gasteiger partial charge in [0.2, 0.25) is 0 Å². The van der Waals surface area contributed by atoms with Crippen molar-refractivity contribution in [3.63, 3.8) is 0 Å². The van der Waals surface area contributed by atoms with Gasteiger partial charge in [-0.2, -0.15) is 0 Å². The van der Waals surface area contributed by atoms with Gasteiger partial charge in [0.15, 0.2) is 15.8 Å². The van der Waals surface area contributed by atoms with Crippen molar-refractivity contribution in [2.75, 3.05) is 45.3 Å². The number of halogens is 1. The number of sulfone groups is 1. The number of methoxy groups -OCH3 is 1. The van der Waals surface area contributed by atoms with Gasteiger partial charge in [-0.15, -0.1) is 24.0 Å². The Morgan fingerprint density at radius 3 is 2.64 bits per heavy atom. The molecule has 2 saturated heterocycles. The molecule has 0 radical (unpaired) electrons. The van der Waals surface area contributed by atoms with Crippen LogP contribution in [0.5, 0.6) is 5.75 Å². The summed E-state index contributed by atoms with van der Waals surface area (Å²) in [5, 5.41) is 6.65. The van der Waals surface area contributed by atoms with E-state index in [1.165, 1.54) is 12.8 Å². The van der Waals surface area contributed by atoms with Gasteiger partial charge in [-0.3, -0.25) is 9.89 Å². The molecule has 2 aliphatic heterocycles. The molecule has 2 fully saturated rings. The minimum atomic E-state index is -2.92. The van der Waals surface area contributed by atoms with E-state index in [0.29, 0.717) is 18.9 Å². The average molecular weight is 522 g/mol. The number of guanidine groups is 1. The molecule has 1 aromatic rings. The van der Waals surface area contributed by atoms with Crippen molar-refractivity contribution < 1.29 is 13.2 Å². The summed E-state index contributed by atoms with van der Waals surface area (Å²) in [5.74, 6) is 1.96. The van der Waals surface area contributed by atoms with Crippen LogP contribution in [0.15, 0.2) is 29.3 Å². The van der Waals surface area contributed by atoms with E-state index < -0.39 is 9.84 Å². The fraction of sp³-hybridized carbons (Fsp3) is 0.632. The lowest BCUT2D eigenvalue weighted by atomic mass is 10.0. The van der Waals surface area contributed by atoms with Crippen molar-refractivity contribution in [2.24, 2.45) is 4.99 Å². The number of benzene rings is 1. The van der Waals surface area contributed by atoms with E-state index in [2.05, 4.69) is 26.6 Å². The van der Waals surface area contributed by atoms with E-state index in [-0.39, 0.29) is 47.6 Å². The predicted octanol–water partition coefficient (Wildman–Crippen LogP) is 1.80. The highest BCUT2D eigenvalue weighted by molar-refractivity contribution is 14.0. The summed E-state index contributed by atoms with van der Waals surface area (Å²) in [7, 11) is 0.502. The van der Waals surface area contributed by atoms with Crippen LogP contribution in [0.4, 0.5) is 0 Å². The molecule has 7 nitrogen and oxygen atoms in total. The lowest BCUT2D eigenvalue weighted by Crippen LogP contribution is -2.46. The fourth-order valence-corrected chi connectivity index (χ4v) is 5.59. The Morgan fingerprint density at radius 1 is 1.32 bits per heavy atom. The maximum atomic E-state index is 11.7. The molecule has 158 valence electrons. The summed E-state index contributed by atoms with van der Waals surface area (Å²) in [6.45, 7) is 2.81. The summed E-state index contributed by atoms with van der Waals surface area (Å²) in [5.41, 5.74) is 1.16. The van der Waals surface area contributed by atoms with Gasteiger partial charge >= 0.3 is 0 Å². The monoisotopic (exact) mass is 522 g/mol. The quantitative estimate of drug-likeness (QED) is 0.337. The van der Waals surface area contributed by atoms with E-state index in [1.54, 1.807) is 14.2 Å². The molecule has 2 heterocycles. The van der Waals surface area contributed by atoms with E-state index in [9.17, 15) is 8.42 Å². The Balaban J connectivity index is 0.00000280. The molecule has 9 heteroatoms. The van der Waals surface area contributed by atoms with Crippen LogP contribution in [0.3, 0.4) is 0 Å². The third kappa shape index (κ3) is 5.96.